The summed E-state index contributed by atoms with van der Waals surface area (Å²) < 4.78 is 11.8. The van der Waals surface area contributed by atoms with Crippen LogP contribution in [0.5, 0.6) is 11.5 Å². The normalized spacial score (nSPS) is 14.8. The molecule has 3 aromatic carbocycles. The number of carbonyl (C=O) groups excluding carboxylic acids is 2. The van der Waals surface area contributed by atoms with E-state index < -0.39 is 6.10 Å². The number of carbonyl (C=O) groups is 2. The number of amides is 2. The Labute approximate surface area is 187 Å². The van der Waals surface area contributed by atoms with Gasteiger partial charge in [-0.3, -0.25) is 9.59 Å². The largest absolute Gasteiger partial charge is 0.489 e. The van der Waals surface area contributed by atoms with Crippen LogP contribution in [0.1, 0.15) is 29.3 Å². The van der Waals surface area contributed by atoms with Gasteiger partial charge in [-0.15, -0.1) is 0 Å². The van der Waals surface area contributed by atoms with Gasteiger partial charge in [-0.1, -0.05) is 55.5 Å². The summed E-state index contributed by atoms with van der Waals surface area (Å²) in [5, 5.41) is 2.85. The minimum Gasteiger partial charge on any atom is -0.489 e. The van der Waals surface area contributed by atoms with Crippen molar-refractivity contribution in [2.75, 3.05) is 18.0 Å². The van der Waals surface area contributed by atoms with E-state index in [1.165, 1.54) is 0 Å². The molecular weight excluding hydrogens is 404 g/mol. The van der Waals surface area contributed by atoms with Crippen molar-refractivity contribution in [1.29, 1.82) is 0 Å². The Morgan fingerprint density at radius 1 is 1.03 bits per heavy atom. The monoisotopic (exact) mass is 430 g/mol. The standard InChI is InChI=1S/C26H26N2O4/c1-2-15-27-25(29)24-17-28(22-13-6-7-14-23(22)32-24)26(30)20-11-8-12-21(16-20)31-18-19-9-4-3-5-10-19/h3-14,16,24H,2,15,17-18H2,1H3,(H,27,29)/t24-/m0/s1. The second kappa shape index (κ2) is 10.0. The number of rotatable bonds is 7. The Hall–Kier alpha value is -3.80. The van der Waals surface area contributed by atoms with Gasteiger partial charge < -0.3 is 19.7 Å². The van der Waals surface area contributed by atoms with Crippen LogP contribution in [0.2, 0.25) is 0 Å². The number of hydrogen-bond acceptors (Lipinski definition) is 4. The van der Waals surface area contributed by atoms with E-state index in [0.717, 1.165) is 12.0 Å². The first-order valence-corrected chi connectivity index (χ1v) is 10.8. The molecule has 0 saturated carbocycles. The SMILES string of the molecule is CCCNC(=O)[C@@H]1CN(C(=O)c2cccc(OCc3ccccc3)c2)c2ccccc2O1. The number of para-hydroxylation sites is 2. The molecule has 0 saturated heterocycles. The zero-order valence-electron chi connectivity index (χ0n) is 18.0. The van der Waals surface area contributed by atoms with Gasteiger partial charge in [0.2, 0.25) is 0 Å². The number of anilines is 1. The molecule has 0 aromatic heterocycles. The molecule has 0 bridgehead atoms. The molecule has 1 aliphatic heterocycles. The Bertz CT molecular complexity index is 1080. The van der Waals surface area contributed by atoms with Gasteiger partial charge in [0, 0.05) is 12.1 Å². The van der Waals surface area contributed by atoms with Crippen molar-refractivity contribution in [2.45, 2.75) is 26.1 Å². The molecule has 6 heteroatoms. The van der Waals surface area contributed by atoms with Crippen molar-refractivity contribution in [2.24, 2.45) is 0 Å². The molecule has 0 unspecified atom stereocenters. The maximum Gasteiger partial charge on any atom is 0.262 e. The molecule has 6 nitrogen and oxygen atoms in total. The highest BCUT2D eigenvalue weighted by atomic mass is 16.5. The zero-order valence-corrected chi connectivity index (χ0v) is 18.0. The molecule has 1 atom stereocenters. The third-order valence-electron chi connectivity index (χ3n) is 5.19. The lowest BCUT2D eigenvalue weighted by Gasteiger charge is -2.34. The van der Waals surface area contributed by atoms with Crippen LogP contribution >= 0.6 is 0 Å². The van der Waals surface area contributed by atoms with Gasteiger partial charge in [0.1, 0.15) is 18.1 Å². The first kappa shape index (κ1) is 21.4. The van der Waals surface area contributed by atoms with Gasteiger partial charge in [-0.2, -0.15) is 0 Å². The van der Waals surface area contributed by atoms with E-state index >= 15 is 0 Å². The summed E-state index contributed by atoms with van der Waals surface area (Å²) in [4.78, 5) is 27.6. The molecule has 1 aliphatic rings. The van der Waals surface area contributed by atoms with Gasteiger partial charge >= 0.3 is 0 Å². The number of fused-ring (bicyclic) bond motifs is 1. The van der Waals surface area contributed by atoms with Gasteiger partial charge in [0.25, 0.3) is 11.8 Å². The van der Waals surface area contributed by atoms with Crippen molar-refractivity contribution in [1.82, 2.24) is 5.32 Å². The molecule has 32 heavy (non-hydrogen) atoms. The maximum atomic E-state index is 13.5. The quantitative estimate of drug-likeness (QED) is 0.610. The Morgan fingerprint density at radius 2 is 1.81 bits per heavy atom. The highest BCUT2D eigenvalue weighted by Gasteiger charge is 2.34. The smallest absolute Gasteiger partial charge is 0.262 e. The second-order valence-corrected chi connectivity index (χ2v) is 7.58. The fraction of sp³-hybridized carbons (Fsp3) is 0.231. The minimum atomic E-state index is -0.766. The minimum absolute atomic E-state index is 0.139. The molecule has 0 fully saturated rings. The molecule has 164 valence electrons. The van der Waals surface area contributed by atoms with E-state index in [9.17, 15) is 9.59 Å². The zero-order chi connectivity index (χ0) is 22.3. The highest BCUT2D eigenvalue weighted by molar-refractivity contribution is 6.08. The van der Waals surface area contributed by atoms with Crippen LogP contribution in [-0.4, -0.2) is 31.0 Å². The third-order valence-corrected chi connectivity index (χ3v) is 5.19. The average molecular weight is 431 g/mol. The number of benzene rings is 3. The summed E-state index contributed by atoms with van der Waals surface area (Å²) in [7, 11) is 0. The Balaban J connectivity index is 1.54. The van der Waals surface area contributed by atoms with Crippen LogP contribution < -0.4 is 19.7 Å². The van der Waals surface area contributed by atoms with Crippen molar-refractivity contribution >= 4 is 17.5 Å². The molecular formula is C26H26N2O4. The van der Waals surface area contributed by atoms with Crippen molar-refractivity contribution in [3.8, 4) is 11.5 Å². The van der Waals surface area contributed by atoms with E-state index in [-0.39, 0.29) is 18.4 Å². The van der Waals surface area contributed by atoms with Gasteiger partial charge in [-0.25, -0.2) is 0 Å². The first-order valence-electron chi connectivity index (χ1n) is 10.8. The van der Waals surface area contributed by atoms with E-state index in [1.54, 1.807) is 29.2 Å². The Morgan fingerprint density at radius 3 is 2.62 bits per heavy atom. The summed E-state index contributed by atoms with van der Waals surface area (Å²) in [6.07, 6.45) is 0.0610. The molecule has 0 radical (unpaired) electrons. The summed E-state index contributed by atoms with van der Waals surface area (Å²) in [6.45, 7) is 3.11. The number of hydrogen-bond donors (Lipinski definition) is 1. The summed E-state index contributed by atoms with van der Waals surface area (Å²) in [6, 6.07) is 24.2. The van der Waals surface area contributed by atoms with Crippen LogP contribution in [0.25, 0.3) is 0 Å². The van der Waals surface area contributed by atoms with Gasteiger partial charge in [0.15, 0.2) is 6.10 Å². The van der Waals surface area contributed by atoms with Gasteiger partial charge in [0.05, 0.1) is 12.2 Å². The fourth-order valence-corrected chi connectivity index (χ4v) is 3.54. The number of nitrogens with one attached hydrogen (secondary N) is 1. The van der Waals surface area contributed by atoms with Crippen LogP contribution in [0, 0.1) is 0 Å². The topological polar surface area (TPSA) is 67.9 Å². The second-order valence-electron chi connectivity index (χ2n) is 7.58. The Kier molecular flexibility index (Phi) is 6.70. The summed E-state index contributed by atoms with van der Waals surface area (Å²) in [5.74, 6) is 0.692. The fourth-order valence-electron chi connectivity index (χ4n) is 3.54. The summed E-state index contributed by atoms with van der Waals surface area (Å²) >= 11 is 0. The highest BCUT2D eigenvalue weighted by Crippen LogP contribution is 2.34. The molecule has 0 spiro atoms. The molecule has 4 rings (SSSR count). The van der Waals surface area contributed by atoms with E-state index in [0.29, 0.717) is 35.9 Å². The lowest BCUT2D eigenvalue weighted by molar-refractivity contribution is -0.127. The summed E-state index contributed by atoms with van der Waals surface area (Å²) in [5.41, 5.74) is 2.18. The van der Waals surface area contributed by atoms with Crippen LogP contribution in [-0.2, 0) is 11.4 Å². The van der Waals surface area contributed by atoms with E-state index in [2.05, 4.69) is 5.32 Å². The van der Waals surface area contributed by atoms with Crippen molar-refractivity contribution < 1.29 is 19.1 Å². The average Bonchev–Trinajstić information content (AvgIpc) is 2.85. The maximum absolute atomic E-state index is 13.5. The number of ether oxygens (including phenoxy) is 2. The van der Waals surface area contributed by atoms with Crippen LogP contribution in [0.15, 0.2) is 78.9 Å². The van der Waals surface area contributed by atoms with Crippen molar-refractivity contribution in [3.63, 3.8) is 0 Å². The van der Waals surface area contributed by atoms with Gasteiger partial charge in [-0.05, 0) is 42.3 Å². The molecule has 1 heterocycles. The molecule has 1 N–H and O–H groups in total. The predicted octanol–water partition coefficient (Wildman–Crippen LogP) is 4.20. The lowest BCUT2D eigenvalue weighted by atomic mass is 10.1. The molecule has 2 amide bonds. The number of nitrogens with zero attached hydrogens (tertiary/aromatic N) is 1. The molecule has 0 aliphatic carbocycles. The predicted molar refractivity (Wildman–Crippen MR) is 123 cm³/mol. The first-order chi connectivity index (χ1) is 15.7. The third kappa shape index (κ3) is 4.91. The van der Waals surface area contributed by atoms with E-state index in [1.807, 2.05) is 61.5 Å². The van der Waals surface area contributed by atoms with E-state index in [4.69, 9.17) is 9.47 Å². The van der Waals surface area contributed by atoms with Crippen LogP contribution in [0.3, 0.4) is 0 Å². The lowest BCUT2D eigenvalue weighted by Crippen LogP contribution is -2.50. The molecule has 3 aromatic rings. The van der Waals surface area contributed by atoms with Crippen LogP contribution in [0.4, 0.5) is 5.69 Å². The van der Waals surface area contributed by atoms with Crippen molar-refractivity contribution in [3.05, 3.63) is 90.0 Å².